The molecule has 0 saturated heterocycles. The highest BCUT2D eigenvalue weighted by Gasteiger charge is 2.13. The van der Waals surface area contributed by atoms with Crippen LogP contribution in [0.1, 0.15) is 27.2 Å². The summed E-state index contributed by atoms with van der Waals surface area (Å²) in [5.74, 6) is -0.194. The molecule has 116 valence electrons. The third kappa shape index (κ3) is 5.73. The molecule has 1 rings (SSSR count). The number of halogens is 3. The zero-order valence-electron chi connectivity index (χ0n) is 12.0. The first-order chi connectivity index (χ1) is 9.85. The minimum absolute atomic E-state index is 0.262. The summed E-state index contributed by atoms with van der Waals surface area (Å²) in [5, 5.41) is 5.09. The minimum atomic E-state index is -0.458. The lowest BCUT2D eigenvalue weighted by Gasteiger charge is -2.10. The number of nitrogens with one attached hydrogen (secondary N) is 1. The van der Waals surface area contributed by atoms with Gasteiger partial charge >= 0.3 is 5.97 Å². The second-order valence-electron chi connectivity index (χ2n) is 4.76. The van der Waals surface area contributed by atoms with Gasteiger partial charge in [-0.05, 0) is 24.5 Å². The summed E-state index contributed by atoms with van der Waals surface area (Å²) in [6.07, 6.45) is 0.423. The Morgan fingerprint density at radius 3 is 2.33 bits per heavy atom. The smallest absolute Gasteiger partial charge is 0.354 e. The predicted molar refractivity (Wildman–Crippen MR) is 88.6 cm³/mol. The fourth-order valence-electron chi connectivity index (χ4n) is 1.37. The van der Waals surface area contributed by atoms with Crippen molar-refractivity contribution in [1.29, 1.82) is 0 Å². The van der Waals surface area contributed by atoms with Crippen LogP contribution in [0.3, 0.4) is 0 Å². The molecule has 21 heavy (non-hydrogen) atoms. The average molecular weight is 352 g/mol. The molecule has 0 heterocycles. The maximum atomic E-state index is 11.8. The summed E-state index contributed by atoms with van der Waals surface area (Å²) < 4.78 is 5.13. The van der Waals surface area contributed by atoms with Crippen LogP contribution in [0, 0.1) is 5.92 Å². The summed E-state index contributed by atoms with van der Waals surface area (Å²) >= 11 is 17.9. The topological polar surface area (TPSA) is 50.7 Å². The zero-order valence-corrected chi connectivity index (χ0v) is 14.3. The molecule has 1 N–H and O–H groups in total. The fraction of sp³-hybridized carbons (Fsp3) is 0.429. The largest absolute Gasteiger partial charge is 0.461 e. The molecule has 0 amide bonds. The van der Waals surface area contributed by atoms with Gasteiger partial charge in [0.05, 0.1) is 22.3 Å². The number of esters is 1. The molecule has 0 unspecified atom stereocenters. The van der Waals surface area contributed by atoms with Crippen molar-refractivity contribution < 1.29 is 9.53 Å². The minimum Gasteiger partial charge on any atom is -0.461 e. The van der Waals surface area contributed by atoms with E-state index in [1.807, 2.05) is 20.8 Å². The van der Waals surface area contributed by atoms with Gasteiger partial charge in [-0.2, -0.15) is 5.10 Å². The molecule has 0 spiro atoms. The van der Waals surface area contributed by atoms with Gasteiger partial charge in [-0.1, -0.05) is 55.6 Å². The van der Waals surface area contributed by atoms with E-state index in [1.54, 1.807) is 0 Å². The van der Waals surface area contributed by atoms with Crippen LogP contribution in [-0.2, 0) is 9.53 Å². The molecule has 1 aromatic carbocycles. The van der Waals surface area contributed by atoms with E-state index in [4.69, 9.17) is 39.5 Å². The van der Waals surface area contributed by atoms with Crippen molar-refractivity contribution in [2.24, 2.45) is 11.0 Å². The van der Waals surface area contributed by atoms with Gasteiger partial charge in [0.25, 0.3) is 0 Å². The SMILES string of the molecule is CCC(=NNc1c(Cl)cc(Cl)cc1Cl)C(=O)OCC(C)C. The highest BCUT2D eigenvalue weighted by atomic mass is 35.5. The van der Waals surface area contributed by atoms with Crippen LogP contribution in [-0.4, -0.2) is 18.3 Å². The summed E-state index contributed by atoms with van der Waals surface area (Å²) in [4.78, 5) is 11.8. The summed E-state index contributed by atoms with van der Waals surface area (Å²) in [7, 11) is 0. The second-order valence-corrected chi connectivity index (χ2v) is 6.01. The number of benzene rings is 1. The zero-order chi connectivity index (χ0) is 16.0. The second kappa shape index (κ2) is 8.47. The van der Waals surface area contributed by atoms with E-state index < -0.39 is 5.97 Å². The number of carbonyl (C=O) groups excluding carboxylic acids is 1. The summed E-state index contributed by atoms with van der Waals surface area (Å²) in [6.45, 7) is 6.08. The van der Waals surface area contributed by atoms with Gasteiger partial charge in [-0.25, -0.2) is 4.79 Å². The van der Waals surface area contributed by atoms with Gasteiger partial charge in [0.2, 0.25) is 0 Å². The van der Waals surface area contributed by atoms with E-state index in [1.165, 1.54) is 12.1 Å². The van der Waals surface area contributed by atoms with Crippen molar-refractivity contribution in [1.82, 2.24) is 0 Å². The van der Waals surface area contributed by atoms with Crippen molar-refractivity contribution in [3.63, 3.8) is 0 Å². The Hall–Kier alpha value is -0.970. The van der Waals surface area contributed by atoms with Gasteiger partial charge in [-0.15, -0.1) is 0 Å². The summed E-state index contributed by atoms with van der Waals surface area (Å²) in [5.41, 5.74) is 3.35. The number of hydrazone groups is 1. The Morgan fingerprint density at radius 2 is 1.86 bits per heavy atom. The summed E-state index contributed by atoms with van der Waals surface area (Å²) in [6, 6.07) is 3.07. The van der Waals surface area contributed by atoms with Gasteiger partial charge in [0.15, 0.2) is 0 Å². The highest BCUT2D eigenvalue weighted by Crippen LogP contribution is 2.33. The quantitative estimate of drug-likeness (QED) is 0.444. The third-order valence-corrected chi connectivity index (χ3v) is 3.24. The lowest BCUT2D eigenvalue weighted by atomic mass is 10.2. The molecule has 0 atom stereocenters. The standard InChI is InChI=1S/C14H17Cl3N2O2/c1-4-12(14(20)21-7-8(2)3)18-19-13-10(16)5-9(15)6-11(13)17/h5-6,8,19H,4,7H2,1-3H3. The molecular formula is C14H17Cl3N2O2. The molecule has 0 fully saturated rings. The molecule has 0 saturated carbocycles. The van der Waals surface area contributed by atoms with Crippen LogP contribution in [0.15, 0.2) is 17.2 Å². The Balaban J connectivity index is 2.84. The van der Waals surface area contributed by atoms with Gasteiger partial charge < -0.3 is 4.74 Å². The highest BCUT2D eigenvalue weighted by molar-refractivity contribution is 6.42. The lowest BCUT2D eigenvalue weighted by Crippen LogP contribution is -2.20. The number of ether oxygens (including phenoxy) is 1. The van der Waals surface area contributed by atoms with E-state index >= 15 is 0 Å². The molecule has 0 radical (unpaired) electrons. The van der Waals surface area contributed by atoms with Crippen LogP contribution in [0.2, 0.25) is 15.1 Å². The molecule has 0 bridgehead atoms. The van der Waals surface area contributed by atoms with Crippen molar-refractivity contribution >= 4 is 52.2 Å². The third-order valence-electron chi connectivity index (χ3n) is 2.43. The van der Waals surface area contributed by atoms with Crippen molar-refractivity contribution in [3.05, 3.63) is 27.2 Å². The molecule has 7 heteroatoms. The maximum Gasteiger partial charge on any atom is 0.354 e. The number of anilines is 1. The lowest BCUT2D eigenvalue weighted by molar-refractivity contribution is -0.136. The molecule has 0 aliphatic heterocycles. The van der Waals surface area contributed by atoms with Crippen molar-refractivity contribution in [3.8, 4) is 0 Å². The first kappa shape index (κ1) is 18.1. The van der Waals surface area contributed by atoms with E-state index in [9.17, 15) is 4.79 Å². The normalized spacial score (nSPS) is 11.7. The van der Waals surface area contributed by atoms with E-state index in [-0.39, 0.29) is 11.6 Å². The molecule has 1 aromatic rings. The molecule has 0 aromatic heterocycles. The number of nitrogens with zero attached hydrogens (tertiary/aromatic N) is 1. The van der Waals surface area contributed by atoms with Crippen LogP contribution >= 0.6 is 34.8 Å². The monoisotopic (exact) mass is 350 g/mol. The fourth-order valence-corrected chi connectivity index (χ4v) is 2.27. The predicted octanol–water partition coefficient (Wildman–Crippen LogP) is 5.02. The van der Waals surface area contributed by atoms with Crippen LogP contribution in [0.5, 0.6) is 0 Å². The van der Waals surface area contributed by atoms with Crippen molar-refractivity contribution in [2.75, 3.05) is 12.0 Å². The Bertz CT molecular complexity index is 522. The number of rotatable bonds is 6. The maximum absolute atomic E-state index is 11.8. The number of carbonyl (C=O) groups is 1. The van der Waals surface area contributed by atoms with Crippen LogP contribution in [0.25, 0.3) is 0 Å². The molecule has 4 nitrogen and oxygen atoms in total. The van der Waals surface area contributed by atoms with Gasteiger partial charge in [-0.3, -0.25) is 5.43 Å². The van der Waals surface area contributed by atoms with E-state index in [0.717, 1.165) is 0 Å². The Morgan fingerprint density at radius 1 is 1.29 bits per heavy atom. The van der Waals surface area contributed by atoms with Crippen LogP contribution < -0.4 is 5.43 Å². The van der Waals surface area contributed by atoms with Crippen LogP contribution in [0.4, 0.5) is 5.69 Å². The molecule has 0 aliphatic carbocycles. The van der Waals surface area contributed by atoms with E-state index in [0.29, 0.717) is 33.8 Å². The first-order valence-electron chi connectivity index (χ1n) is 6.49. The van der Waals surface area contributed by atoms with E-state index in [2.05, 4.69) is 10.5 Å². The van der Waals surface area contributed by atoms with Gasteiger partial charge in [0, 0.05) is 5.02 Å². The molecular weight excluding hydrogens is 335 g/mol. The Kier molecular flexibility index (Phi) is 7.29. The van der Waals surface area contributed by atoms with Gasteiger partial charge in [0.1, 0.15) is 5.71 Å². The molecule has 0 aliphatic rings. The average Bonchev–Trinajstić information content (AvgIpc) is 2.39. The Labute approximate surface area is 139 Å². The number of hydrogen-bond donors (Lipinski definition) is 1. The first-order valence-corrected chi connectivity index (χ1v) is 7.62. The number of hydrogen-bond acceptors (Lipinski definition) is 4. The van der Waals surface area contributed by atoms with Crippen molar-refractivity contribution in [2.45, 2.75) is 27.2 Å².